The molecular weight excluding hydrogens is 300 g/mol. The van der Waals surface area contributed by atoms with Crippen LogP contribution in [0, 0.1) is 0 Å². The van der Waals surface area contributed by atoms with Gasteiger partial charge >= 0.3 is 0 Å². The van der Waals surface area contributed by atoms with E-state index >= 15 is 0 Å². The second-order valence-electron chi connectivity index (χ2n) is 4.40. The molecule has 6 nitrogen and oxygen atoms in total. The summed E-state index contributed by atoms with van der Waals surface area (Å²) in [4.78, 5) is 12.1. The number of anilines is 1. The van der Waals surface area contributed by atoms with Crippen molar-refractivity contribution in [2.75, 3.05) is 11.9 Å². The summed E-state index contributed by atoms with van der Waals surface area (Å²) in [5, 5.41) is 22.6. The SMILES string of the molecule is CC(O)(CNc1nnc(Cl)cc1C(N)=O)c1cccs1. The summed E-state index contributed by atoms with van der Waals surface area (Å²) in [6, 6.07) is 5.01. The van der Waals surface area contributed by atoms with Gasteiger partial charge in [-0.1, -0.05) is 17.7 Å². The Morgan fingerprint density at radius 3 is 2.95 bits per heavy atom. The maximum atomic E-state index is 11.3. The van der Waals surface area contributed by atoms with Gasteiger partial charge in [-0.25, -0.2) is 0 Å². The summed E-state index contributed by atoms with van der Waals surface area (Å²) in [7, 11) is 0. The summed E-state index contributed by atoms with van der Waals surface area (Å²) >= 11 is 7.11. The average Bonchev–Trinajstić information content (AvgIpc) is 2.91. The van der Waals surface area contributed by atoms with Crippen molar-refractivity contribution in [1.29, 1.82) is 0 Å². The second-order valence-corrected chi connectivity index (χ2v) is 5.73. The van der Waals surface area contributed by atoms with Crippen LogP contribution in [0.3, 0.4) is 0 Å². The van der Waals surface area contributed by atoms with E-state index in [9.17, 15) is 9.90 Å². The lowest BCUT2D eigenvalue weighted by molar-refractivity contribution is 0.0752. The zero-order valence-electron chi connectivity index (χ0n) is 10.6. The van der Waals surface area contributed by atoms with Crippen LogP contribution in [0.1, 0.15) is 22.2 Å². The van der Waals surface area contributed by atoms with Gasteiger partial charge in [-0.3, -0.25) is 4.79 Å². The van der Waals surface area contributed by atoms with Gasteiger partial charge in [0, 0.05) is 11.4 Å². The molecule has 1 amide bonds. The number of primary amides is 1. The highest BCUT2D eigenvalue weighted by atomic mass is 35.5. The number of carbonyl (C=O) groups is 1. The molecule has 0 bridgehead atoms. The molecule has 0 saturated heterocycles. The standard InChI is InChI=1S/C12H13ClN4O2S/c1-12(19,8-3-2-4-20-8)6-15-11-7(10(14)18)5-9(13)16-17-11/h2-5,19H,6H2,1H3,(H2,14,18)(H,15,17). The van der Waals surface area contributed by atoms with Crippen LogP contribution in [0.2, 0.25) is 5.15 Å². The van der Waals surface area contributed by atoms with Crippen LogP contribution in [0.4, 0.5) is 5.82 Å². The monoisotopic (exact) mass is 312 g/mol. The number of rotatable bonds is 5. The van der Waals surface area contributed by atoms with Crippen molar-refractivity contribution in [3.63, 3.8) is 0 Å². The molecule has 1 unspecified atom stereocenters. The molecule has 0 aliphatic heterocycles. The summed E-state index contributed by atoms with van der Waals surface area (Å²) in [6.45, 7) is 1.82. The molecule has 2 heterocycles. The maximum absolute atomic E-state index is 11.3. The Labute approximate surface area is 124 Å². The Hall–Kier alpha value is -1.70. The van der Waals surface area contributed by atoms with Crippen LogP contribution in [0.15, 0.2) is 23.6 Å². The minimum Gasteiger partial charge on any atom is -0.383 e. The van der Waals surface area contributed by atoms with Crippen LogP contribution < -0.4 is 11.1 Å². The highest BCUT2D eigenvalue weighted by Crippen LogP contribution is 2.26. The van der Waals surface area contributed by atoms with Crippen molar-refractivity contribution in [1.82, 2.24) is 10.2 Å². The van der Waals surface area contributed by atoms with E-state index in [0.717, 1.165) is 4.88 Å². The highest BCUT2D eigenvalue weighted by molar-refractivity contribution is 7.10. The molecule has 0 aliphatic carbocycles. The molecule has 2 rings (SSSR count). The van der Waals surface area contributed by atoms with E-state index in [1.165, 1.54) is 17.4 Å². The second kappa shape index (κ2) is 5.74. The molecule has 2 aromatic heterocycles. The van der Waals surface area contributed by atoms with Crippen molar-refractivity contribution < 1.29 is 9.90 Å². The Morgan fingerprint density at radius 1 is 1.60 bits per heavy atom. The number of hydrogen-bond donors (Lipinski definition) is 3. The third-order valence-corrected chi connectivity index (χ3v) is 3.99. The quantitative estimate of drug-likeness (QED) is 0.778. The van der Waals surface area contributed by atoms with E-state index in [0.29, 0.717) is 0 Å². The van der Waals surface area contributed by atoms with Crippen molar-refractivity contribution in [2.45, 2.75) is 12.5 Å². The normalized spacial score (nSPS) is 13.8. The fourth-order valence-corrected chi connectivity index (χ4v) is 2.55. The van der Waals surface area contributed by atoms with Gasteiger partial charge < -0.3 is 16.2 Å². The fraction of sp³-hybridized carbons (Fsp3) is 0.250. The first-order valence-electron chi connectivity index (χ1n) is 5.73. The molecule has 106 valence electrons. The number of amides is 1. The van der Waals surface area contributed by atoms with Crippen molar-refractivity contribution in [3.05, 3.63) is 39.2 Å². The zero-order chi connectivity index (χ0) is 14.8. The third-order valence-electron chi connectivity index (χ3n) is 2.68. The molecule has 2 aromatic rings. The van der Waals surface area contributed by atoms with Crippen LogP contribution in [0.25, 0.3) is 0 Å². The van der Waals surface area contributed by atoms with Crippen molar-refractivity contribution in [2.24, 2.45) is 5.73 Å². The molecule has 0 fully saturated rings. The lowest BCUT2D eigenvalue weighted by atomic mass is 10.1. The van der Waals surface area contributed by atoms with E-state index in [1.54, 1.807) is 6.92 Å². The fourth-order valence-electron chi connectivity index (χ4n) is 1.61. The molecule has 8 heteroatoms. The number of thiophene rings is 1. The Balaban J connectivity index is 2.17. The number of nitrogens with one attached hydrogen (secondary N) is 1. The minimum absolute atomic E-state index is 0.0781. The maximum Gasteiger partial charge on any atom is 0.252 e. The zero-order valence-corrected chi connectivity index (χ0v) is 12.2. The lowest BCUT2D eigenvalue weighted by Gasteiger charge is -2.22. The van der Waals surface area contributed by atoms with Crippen LogP contribution in [-0.4, -0.2) is 27.8 Å². The third kappa shape index (κ3) is 3.24. The smallest absolute Gasteiger partial charge is 0.252 e. The summed E-state index contributed by atoms with van der Waals surface area (Å²) in [5.41, 5.74) is 4.29. The minimum atomic E-state index is -1.09. The van der Waals surface area contributed by atoms with Crippen molar-refractivity contribution in [3.8, 4) is 0 Å². The number of hydrogen-bond acceptors (Lipinski definition) is 6. The first-order valence-corrected chi connectivity index (χ1v) is 6.99. The first kappa shape index (κ1) is 14.7. The topological polar surface area (TPSA) is 101 Å². The van der Waals surface area contributed by atoms with E-state index in [-0.39, 0.29) is 23.1 Å². The van der Waals surface area contributed by atoms with Crippen LogP contribution in [0.5, 0.6) is 0 Å². The van der Waals surface area contributed by atoms with E-state index in [1.807, 2.05) is 17.5 Å². The predicted octanol–water partition coefficient (Wildman–Crippen LogP) is 1.61. The highest BCUT2D eigenvalue weighted by Gasteiger charge is 2.25. The number of nitrogens with two attached hydrogens (primary N) is 1. The summed E-state index contributed by atoms with van der Waals surface area (Å²) in [5.74, 6) is -0.473. The first-order chi connectivity index (χ1) is 9.40. The largest absolute Gasteiger partial charge is 0.383 e. The summed E-state index contributed by atoms with van der Waals surface area (Å²) < 4.78 is 0. The molecule has 0 aliphatic rings. The van der Waals surface area contributed by atoms with Gasteiger partial charge in [0.2, 0.25) is 0 Å². The van der Waals surface area contributed by atoms with E-state index < -0.39 is 11.5 Å². The number of nitrogens with zero attached hydrogens (tertiary/aromatic N) is 2. The molecule has 1 atom stereocenters. The number of aromatic nitrogens is 2. The van der Waals surface area contributed by atoms with Crippen LogP contribution in [-0.2, 0) is 5.60 Å². The van der Waals surface area contributed by atoms with E-state index in [2.05, 4.69) is 15.5 Å². The average molecular weight is 313 g/mol. The lowest BCUT2D eigenvalue weighted by Crippen LogP contribution is -2.31. The molecule has 0 aromatic carbocycles. The Kier molecular flexibility index (Phi) is 4.22. The number of aliphatic hydroxyl groups is 1. The predicted molar refractivity (Wildman–Crippen MR) is 77.9 cm³/mol. The van der Waals surface area contributed by atoms with Crippen LogP contribution >= 0.6 is 22.9 Å². The van der Waals surface area contributed by atoms with E-state index in [4.69, 9.17) is 17.3 Å². The number of carbonyl (C=O) groups excluding carboxylic acids is 1. The molecule has 0 radical (unpaired) electrons. The molecule has 0 spiro atoms. The molecule has 0 saturated carbocycles. The Morgan fingerprint density at radius 2 is 2.35 bits per heavy atom. The van der Waals surface area contributed by atoms with Gasteiger partial charge in [0.1, 0.15) is 5.60 Å². The van der Waals surface area contributed by atoms with Gasteiger partial charge in [-0.2, -0.15) is 0 Å². The molecule has 20 heavy (non-hydrogen) atoms. The number of halogens is 1. The summed E-state index contributed by atoms with van der Waals surface area (Å²) in [6.07, 6.45) is 0. The Bertz CT molecular complexity index is 616. The van der Waals surface area contributed by atoms with Crippen molar-refractivity contribution >= 4 is 34.7 Å². The molecular formula is C12H13ClN4O2S. The molecule has 4 N–H and O–H groups in total. The van der Waals surface area contributed by atoms with Gasteiger partial charge in [0.05, 0.1) is 5.56 Å². The van der Waals surface area contributed by atoms with Gasteiger partial charge in [-0.05, 0) is 24.4 Å². The van der Waals surface area contributed by atoms with Gasteiger partial charge in [-0.15, -0.1) is 21.5 Å². The van der Waals surface area contributed by atoms with Gasteiger partial charge in [0.15, 0.2) is 11.0 Å². The van der Waals surface area contributed by atoms with Gasteiger partial charge in [0.25, 0.3) is 5.91 Å².